The lowest BCUT2D eigenvalue weighted by atomic mass is 9.92. The van der Waals surface area contributed by atoms with Crippen LogP contribution in [-0.2, 0) is 4.79 Å². The standard InChI is InChI=1S/C16H19ClN2O2S/c1-18-14-9-19(6-5-10(14)7-15(18)20)16(21)12-8-11(22-2)3-4-13(12)17/h3-4,8,10,14H,5-7,9H2,1-2H3/t10-,14-/m1/s1. The lowest BCUT2D eigenvalue weighted by Gasteiger charge is -2.37. The Balaban J connectivity index is 1.80. The Morgan fingerprint density at radius 1 is 1.41 bits per heavy atom. The molecule has 3 rings (SSSR count). The summed E-state index contributed by atoms with van der Waals surface area (Å²) in [5.41, 5.74) is 0.555. The fourth-order valence-electron chi connectivity index (χ4n) is 3.36. The third-order valence-electron chi connectivity index (χ3n) is 4.74. The van der Waals surface area contributed by atoms with Gasteiger partial charge in [-0.05, 0) is 36.8 Å². The Hall–Kier alpha value is -1.20. The van der Waals surface area contributed by atoms with Crippen LogP contribution in [0.3, 0.4) is 0 Å². The third-order valence-corrected chi connectivity index (χ3v) is 5.80. The smallest absolute Gasteiger partial charge is 0.255 e. The fourth-order valence-corrected chi connectivity index (χ4v) is 4.00. The number of benzene rings is 1. The number of hydrogen-bond donors (Lipinski definition) is 0. The summed E-state index contributed by atoms with van der Waals surface area (Å²) in [7, 11) is 1.84. The number of carbonyl (C=O) groups is 2. The Labute approximate surface area is 139 Å². The van der Waals surface area contributed by atoms with E-state index >= 15 is 0 Å². The summed E-state index contributed by atoms with van der Waals surface area (Å²) >= 11 is 7.80. The summed E-state index contributed by atoms with van der Waals surface area (Å²) in [5.74, 6) is 0.536. The average molecular weight is 339 g/mol. The van der Waals surface area contributed by atoms with E-state index in [4.69, 9.17) is 11.6 Å². The van der Waals surface area contributed by atoms with E-state index in [1.807, 2.05) is 30.3 Å². The summed E-state index contributed by atoms with van der Waals surface area (Å²) in [6.07, 6.45) is 3.47. The number of likely N-dealkylation sites (N-methyl/N-ethyl adjacent to an activating group) is 1. The van der Waals surface area contributed by atoms with Gasteiger partial charge in [0, 0.05) is 31.5 Å². The molecule has 2 fully saturated rings. The minimum atomic E-state index is -0.0351. The zero-order chi connectivity index (χ0) is 15.9. The molecule has 0 aliphatic carbocycles. The molecular weight excluding hydrogens is 320 g/mol. The predicted octanol–water partition coefficient (Wildman–Crippen LogP) is 2.75. The highest BCUT2D eigenvalue weighted by Gasteiger charge is 2.42. The normalized spacial score (nSPS) is 24.6. The summed E-state index contributed by atoms with van der Waals surface area (Å²) < 4.78 is 0. The first-order valence-electron chi connectivity index (χ1n) is 7.39. The summed E-state index contributed by atoms with van der Waals surface area (Å²) in [6.45, 7) is 1.30. The molecule has 2 atom stereocenters. The molecule has 0 saturated carbocycles. The van der Waals surface area contributed by atoms with Crippen LogP contribution in [0.15, 0.2) is 23.1 Å². The molecule has 1 aromatic carbocycles. The molecule has 0 unspecified atom stereocenters. The average Bonchev–Trinajstić information content (AvgIpc) is 2.81. The van der Waals surface area contributed by atoms with Crippen molar-refractivity contribution in [1.82, 2.24) is 9.80 Å². The SMILES string of the molecule is CSc1ccc(Cl)c(C(=O)N2CC[C@@H]3CC(=O)N(C)[C@@H]3C2)c1. The molecule has 2 aliphatic heterocycles. The van der Waals surface area contributed by atoms with Crippen molar-refractivity contribution in [3.8, 4) is 0 Å². The molecule has 2 heterocycles. The van der Waals surface area contributed by atoms with Crippen molar-refractivity contribution >= 4 is 35.2 Å². The second kappa shape index (κ2) is 6.13. The molecular formula is C16H19ClN2O2S. The second-order valence-corrected chi connectivity index (χ2v) is 7.21. The second-order valence-electron chi connectivity index (χ2n) is 5.92. The first-order valence-corrected chi connectivity index (χ1v) is 9.00. The molecule has 0 spiro atoms. The number of amides is 2. The van der Waals surface area contributed by atoms with Crippen LogP contribution < -0.4 is 0 Å². The minimum Gasteiger partial charge on any atom is -0.341 e. The van der Waals surface area contributed by atoms with Gasteiger partial charge in [-0.15, -0.1) is 11.8 Å². The van der Waals surface area contributed by atoms with Crippen molar-refractivity contribution in [3.05, 3.63) is 28.8 Å². The van der Waals surface area contributed by atoms with Gasteiger partial charge in [0.25, 0.3) is 5.91 Å². The van der Waals surface area contributed by atoms with Crippen molar-refractivity contribution in [2.75, 3.05) is 26.4 Å². The number of carbonyl (C=O) groups excluding carboxylic acids is 2. The number of rotatable bonds is 2. The molecule has 118 valence electrons. The maximum atomic E-state index is 12.8. The molecule has 22 heavy (non-hydrogen) atoms. The Morgan fingerprint density at radius 3 is 2.91 bits per heavy atom. The molecule has 2 amide bonds. The molecule has 1 aromatic rings. The summed E-state index contributed by atoms with van der Waals surface area (Å²) in [4.78, 5) is 29.3. The van der Waals surface area contributed by atoms with Gasteiger partial charge in [-0.1, -0.05) is 11.6 Å². The highest BCUT2D eigenvalue weighted by Crippen LogP contribution is 2.33. The van der Waals surface area contributed by atoms with Gasteiger partial charge in [0.2, 0.25) is 5.91 Å². The van der Waals surface area contributed by atoms with E-state index in [-0.39, 0.29) is 17.9 Å². The number of likely N-dealkylation sites (tertiary alicyclic amines) is 2. The first-order chi connectivity index (χ1) is 10.5. The number of thioether (sulfide) groups is 1. The molecule has 2 saturated heterocycles. The largest absolute Gasteiger partial charge is 0.341 e. The maximum Gasteiger partial charge on any atom is 0.255 e. The summed E-state index contributed by atoms with van der Waals surface area (Å²) in [5, 5.41) is 0.487. The zero-order valence-electron chi connectivity index (χ0n) is 12.7. The van der Waals surface area contributed by atoms with Crippen LogP contribution in [0.5, 0.6) is 0 Å². The molecule has 2 aliphatic rings. The highest BCUT2D eigenvalue weighted by molar-refractivity contribution is 7.98. The van der Waals surface area contributed by atoms with E-state index in [0.29, 0.717) is 36.0 Å². The van der Waals surface area contributed by atoms with E-state index in [2.05, 4.69) is 0 Å². The van der Waals surface area contributed by atoms with Gasteiger partial charge in [-0.25, -0.2) is 0 Å². The van der Waals surface area contributed by atoms with Crippen molar-refractivity contribution in [3.63, 3.8) is 0 Å². The molecule has 0 radical (unpaired) electrons. The van der Waals surface area contributed by atoms with Crippen LogP contribution >= 0.6 is 23.4 Å². The number of nitrogens with zero attached hydrogens (tertiary/aromatic N) is 2. The number of hydrogen-bond acceptors (Lipinski definition) is 3. The van der Waals surface area contributed by atoms with Crippen molar-refractivity contribution in [1.29, 1.82) is 0 Å². The lowest BCUT2D eigenvalue weighted by molar-refractivity contribution is -0.127. The Morgan fingerprint density at radius 2 is 2.18 bits per heavy atom. The topological polar surface area (TPSA) is 40.6 Å². The van der Waals surface area contributed by atoms with Crippen LogP contribution in [0, 0.1) is 5.92 Å². The van der Waals surface area contributed by atoms with Gasteiger partial charge in [-0.2, -0.15) is 0 Å². The van der Waals surface area contributed by atoms with Gasteiger partial charge >= 0.3 is 0 Å². The fraction of sp³-hybridized carbons (Fsp3) is 0.500. The third kappa shape index (κ3) is 2.72. The van der Waals surface area contributed by atoms with E-state index in [9.17, 15) is 9.59 Å². The van der Waals surface area contributed by atoms with Gasteiger partial charge < -0.3 is 9.80 Å². The quantitative estimate of drug-likeness (QED) is 0.778. The van der Waals surface area contributed by atoms with Crippen LogP contribution in [0.25, 0.3) is 0 Å². The Bertz CT molecular complexity index is 622. The van der Waals surface area contributed by atoms with Crippen LogP contribution in [-0.4, -0.2) is 54.0 Å². The zero-order valence-corrected chi connectivity index (χ0v) is 14.3. The molecule has 0 N–H and O–H groups in total. The molecule has 0 aromatic heterocycles. The van der Waals surface area contributed by atoms with Crippen LogP contribution in [0.4, 0.5) is 0 Å². The number of fused-ring (bicyclic) bond motifs is 1. The number of piperidine rings is 1. The van der Waals surface area contributed by atoms with E-state index < -0.39 is 0 Å². The highest BCUT2D eigenvalue weighted by atomic mass is 35.5. The van der Waals surface area contributed by atoms with Crippen LogP contribution in [0.1, 0.15) is 23.2 Å². The van der Waals surface area contributed by atoms with E-state index in [1.54, 1.807) is 22.7 Å². The van der Waals surface area contributed by atoms with Crippen molar-refractivity contribution in [2.45, 2.75) is 23.8 Å². The Kier molecular flexibility index (Phi) is 4.37. The van der Waals surface area contributed by atoms with E-state index in [1.165, 1.54) is 0 Å². The molecule has 6 heteroatoms. The van der Waals surface area contributed by atoms with Crippen molar-refractivity contribution in [2.24, 2.45) is 5.92 Å². The van der Waals surface area contributed by atoms with Gasteiger partial charge in [0.1, 0.15) is 0 Å². The van der Waals surface area contributed by atoms with E-state index in [0.717, 1.165) is 11.3 Å². The van der Waals surface area contributed by atoms with Gasteiger partial charge in [-0.3, -0.25) is 9.59 Å². The number of halogens is 1. The van der Waals surface area contributed by atoms with Gasteiger partial charge in [0.05, 0.1) is 16.6 Å². The monoisotopic (exact) mass is 338 g/mol. The van der Waals surface area contributed by atoms with Gasteiger partial charge in [0.15, 0.2) is 0 Å². The minimum absolute atomic E-state index is 0.0351. The first kappa shape index (κ1) is 15.7. The summed E-state index contributed by atoms with van der Waals surface area (Å²) in [6, 6.07) is 5.69. The molecule has 4 nitrogen and oxygen atoms in total. The van der Waals surface area contributed by atoms with Crippen LogP contribution in [0.2, 0.25) is 5.02 Å². The maximum absolute atomic E-state index is 12.8. The van der Waals surface area contributed by atoms with Crippen molar-refractivity contribution < 1.29 is 9.59 Å². The predicted molar refractivity (Wildman–Crippen MR) is 88.4 cm³/mol. The lowest BCUT2D eigenvalue weighted by Crippen LogP contribution is -2.49. The molecule has 0 bridgehead atoms.